The predicted molar refractivity (Wildman–Crippen MR) is 65.3 cm³/mol. The second kappa shape index (κ2) is 4.51. The number of benzene rings is 1. The Morgan fingerprint density at radius 1 is 1.22 bits per heavy atom. The summed E-state index contributed by atoms with van der Waals surface area (Å²) in [5.74, 6) is -0.856. The highest BCUT2D eigenvalue weighted by atomic mass is 16.5. The molecule has 0 atom stereocenters. The number of carbonyl (C=O) groups is 2. The third kappa shape index (κ3) is 1.81. The first-order valence-corrected chi connectivity index (χ1v) is 6.03. The maximum atomic E-state index is 11.9. The van der Waals surface area contributed by atoms with E-state index in [1.165, 1.54) is 4.90 Å². The minimum atomic E-state index is -0.443. The van der Waals surface area contributed by atoms with Gasteiger partial charge in [-0.15, -0.1) is 0 Å². The number of ketones is 1. The Balaban J connectivity index is 1.83. The van der Waals surface area contributed by atoms with Crippen LogP contribution in [0.25, 0.3) is 0 Å². The number of para-hydroxylation sites is 1. The van der Waals surface area contributed by atoms with E-state index in [0.29, 0.717) is 24.7 Å². The summed E-state index contributed by atoms with van der Waals surface area (Å²) in [4.78, 5) is 27.3. The zero-order chi connectivity index (χ0) is 12.5. The van der Waals surface area contributed by atoms with Crippen LogP contribution in [0.2, 0.25) is 0 Å². The molecule has 2 heterocycles. The van der Waals surface area contributed by atoms with E-state index < -0.39 is 11.7 Å². The van der Waals surface area contributed by atoms with E-state index in [1.54, 1.807) is 12.1 Å². The van der Waals surface area contributed by atoms with Crippen molar-refractivity contribution in [1.29, 1.82) is 0 Å². The first-order chi connectivity index (χ1) is 8.77. The van der Waals surface area contributed by atoms with Crippen LogP contribution < -0.4 is 4.90 Å². The number of carbonyl (C=O) groups excluding carboxylic acids is 2. The van der Waals surface area contributed by atoms with Crippen molar-refractivity contribution in [3.63, 3.8) is 0 Å². The van der Waals surface area contributed by atoms with Crippen LogP contribution in [0.15, 0.2) is 24.3 Å². The molecule has 0 bridgehead atoms. The molecule has 1 aromatic rings. The Bertz CT molecular complexity index is 495. The van der Waals surface area contributed by atoms with Gasteiger partial charge in [-0.25, -0.2) is 0 Å². The summed E-state index contributed by atoms with van der Waals surface area (Å²) in [6.45, 7) is 2.59. The smallest absolute Gasteiger partial charge is 0.300 e. The average molecular weight is 246 g/mol. The first kappa shape index (κ1) is 11.4. The molecule has 18 heavy (non-hydrogen) atoms. The molecule has 0 aromatic heterocycles. The van der Waals surface area contributed by atoms with Crippen molar-refractivity contribution in [3.8, 4) is 0 Å². The Kier molecular flexibility index (Phi) is 2.85. The van der Waals surface area contributed by atoms with Gasteiger partial charge in [0.2, 0.25) is 0 Å². The molecule has 1 aromatic carbocycles. The SMILES string of the molecule is O=C1C(=O)N(CN2CCCOC2)c2ccccc21. The maximum absolute atomic E-state index is 11.9. The van der Waals surface area contributed by atoms with E-state index in [0.717, 1.165) is 19.6 Å². The van der Waals surface area contributed by atoms with Crippen molar-refractivity contribution in [1.82, 2.24) is 4.90 Å². The lowest BCUT2D eigenvalue weighted by molar-refractivity contribution is -0.115. The second-order valence-electron chi connectivity index (χ2n) is 4.51. The van der Waals surface area contributed by atoms with Gasteiger partial charge in [0.15, 0.2) is 0 Å². The Morgan fingerprint density at radius 3 is 2.83 bits per heavy atom. The molecule has 5 nitrogen and oxygen atoms in total. The van der Waals surface area contributed by atoms with Gasteiger partial charge in [0.05, 0.1) is 17.9 Å². The molecule has 2 aliphatic heterocycles. The predicted octanol–water partition coefficient (Wildman–Crippen LogP) is 0.853. The third-order valence-corrected chi connectivity index (χ3v) is 3.26. The zero-order valence-electron chi connectivity index (χ0n) is 9.96. The van der Waals surface area contributed by atoms with Gasteiger partial charge in [-0.1, -0.05) is 12.1 Å². The Labute approximate surface area is 105 Å². The van der Waals surface area contributed by atoms with Crippen LogP contribution in [0.3, 0.4) is 0 Å². The highest BCUT2D eigenvalue weighted by Gasteiger charge is 2.36. The molecule has 1 amide bonds. The van der Waals surface area contributed by atoms with Gasteiger partial charge < -0.3 is 4.74 Å². The van der Waals surface area contributed by atoms with Gasteiger partial charge in [-0.05, 0) is 18.6 Å². The van der Waals surface area contributed by atoms with Gasteiger partial charge in [-0.3, -0.25) is 19.4 Å². The molecule has 3 rings (SSSR count). The van der Waals surface area contributed by atoms with Gasteiger partial charge in [0.1, 0.15) is 6.73 Å². The van der Waals surface area contributed by atoms with Crippen molar-refractivity contribution >= 4 is 17.4 Å². The number of rotatable bonds is 2. The molecule has 1 saturated heterocycles. The number of amides is 1. The lowest BCUT2D eigenvalue weighted by Crippen LogP contribution is -2.44. The van der Waals surface area contributed by atoms with Gasteiger partial charge in [0.25, 0.3) is 5.78 Å². The summed E-state index contributed by atoms with van der Waals surface area (Å²) in [5.41, 5.74) is 1.21. The van der Waals surface area contributed by atoms with Crippen molar-refractivity contribution in [2.75, 3.05) is 31.5 Å². The lowest BCUT2D eigenvalue weighted by Gasteiger charge is -2.30. The summed E-state index contributed by atoms with van der Waals surface area (Å²) in [6.07, 6.45) is 0.956. The van der Waals surface area contributed by atoms with Gasteiger partial charge in [-0.2, -0.15) is 0 Å². The van der Waals surface area contributed by atoms with E-state index in [1.807, 2.05) is 17.0 Å². The van der Waals surface area contributed by atoms with Crippen molar-refractivity contribution in [3.05, 3.63) is 29.8 Å². The standard InChI is InChI=1S/C13H14N2O3/c16-12-10-4-1-2-5-11(10)15(13(12)17)8-14-6-3-7-18-9-14/h1-2,4-5H,3,6-9H2. The Morgan fingerprint density at radius 2 is 2.06 bits per heavy atom. The molecule has 0 radical (unpaired) electrons. The summed E-state index contributed by atoms with van der Waals surface area (Å²) in [6, 6.07) is 7.12. The molecule has 1 fully saturated rings. The fourth-order valence-corrected chi connectivity index (χ4v) is 2.35. The van der Waals surface area contributed by atoms with Crippen LogP contribution in [0, 0.1) is 0 Å². The van der Waals surface area contributed by atoms with Crippen LogP contribution in [-0.4, -0.2) is 43.1 Å². The van der Waals surface area contributed by atoms with Crippen molar-refractivity contribution in [2.24, 2.45) is 0 Å². The first-order valence-electron chi connectivity index (χ1n) is 6.03. The van der Waals surface area contributed by atoms with E-state index >= 15 is 0 Å². The number of hydrogen-bond acceptors (Lipinski definition) is 4. The Hall–Kier alpha value is -1.72. The zero-order valence-corrected chi connectivity index (χ0v) is 9.96. The summed E-state index contributed by atoms with van der Waals surface area (Å²) in [5, 5.41) is 0. The number of anilines is 1. The minimum absolute atomic E-state index is 0.413. The fourth-order valence-electron chi connectivity index (χ4n) is 2.35. The third-order valence-electron chi connectivity index (χ3n) is 3.26. The van der Waals surface area contributed by atoms with E-state index in [9.17, 15) is 9.59 Å². The number of ether oxygens (including phenoxy) is 1. The molecule has 0 unspecified atom stereocenters. The van der Waals surface area contributed by atoms with Crippen molar-refractivity contribution < 1.29 is 14.3 Å². The topological polar surface area (TPSA) is 49.9 Å². The molecule has 2 aliphatic rings. The number of Topliss-reactive ketones (excluding diaryl/α,β-unsaturated/α-hetero) is 1. The molecule has 94 valence electrons. The molecule has 0 aliphatic carbocycles. The molecule has 0 saturated carbocycles. The average Bonchev–Trinajstić information content (AvgIpc) is 2.66. The quantitative estimate of drug-likeness (QED) is 0.726. The highest BCUT2D eigenvalue weighted by molar-refractivity contribution is 6.52. The highest BCUT2D eigenvalue weighted by Crippen LogP contribution is 2.28. The minimum Gasteiger partial charge on any atom is -0.366 e. The number of nitrogens with zero attached hydrogens (tertiary/aromatic N) is 2. The van der Waals surface area contributed by atoms with E-state index in [2.05, 4.69) is 0 Å². The van der Waals surface area contributed by atoms with Gasteiger partial charge >= 0.3 is 5.91 Å². The van der Waals surface area contributed by atoms with Crippen LogP contribution in [0.4, 0.5) is 5.69 Å². The van der Waals surface area contributed by atoms with E-state index in [4.69, 9.17) is 4.74 Å². The molecular formula is C13H14N2O3. The van der Waals surface area contributed by atoms with Crippen LogP contribution >= 0.6 is 0 Å². The fraction of sp³-hybridized carbons (Fsp3) is 0.385. The maximum Gasteiger partial charge on any atom is 0.300 e. The molecular weight excluding hydrogens is 232 g/mol. The van der Waals surface area contributed by atoms with Crippen molar-refractivity contribution in [2.45, 2.75) is 6.42 Å². The summed E-state index contributed by atoms with van der Waals surface area (Å²) < 4.78 is 5.35. The van der Waals surface area contributed by atoms with E-state index in [-0.39, 0.29) is 0 Å². The van der Waals surface area contributed by atoms with Crippen LogP contribution in [0.1, 0.15) is 16.8 Å². The van der Waals surface area contributed by atoms with Gasteiger partial charge in [0, 0.05) is 13.2 Å². The molecule has 0 N–H and O–H groups in total. The van der Waals surface area contributed by atoms with Crippen LogP contribution in [-0.2, 0) is 9.53 Å². The number of hydrogen-bond donors (Lipinski definition) is 0. The molecule has 5 heteroatoms. The normalized spacial score (nSPS) is 20.3. The molecule has 0 spiro atoms. The summed E-state index contributed by atoms with van der Waals surface area (Å²) in [7, 11) is 0. The lowest BCUT2D eigenvalue weighted by atomic mass is 10.1. The largest absolute Gasteiger partial charge is 0.366 e. The second-order valence-corrected chi connectivity index (χ2v) is 4.51. The summed E-state index contributed by atoms with van der Waals surface area (Å²) >= 11 is 0. The van der Waals surface area contributed by atoms with Crippen LogP contribution in [0.5, 0.6) is 0 Å². The monoisotopic (exact) mass is 246 g/mol. The number of fused-ring (bicyclic) bond motifs is 1.